The minimum Gasteiger partial charge on any atom is -0.305 e. The summed E-state index contributed by atoms with van der Waals surface area (Å²) in [6, 6.07) is 65.0. The lowest BCUT2D eigenvalue weighted by Gasteiger charge is -2.19. The van der Waals surface area contributed by atoms with Crippen molar-refractivity contribution in [1.29, 1.82) is 0 Å². The van der Waals surface area contributed by atoms with E-state index in [1.165, 1.54) is 46.1 Å². The first-order valence-electron chi connectivity index (χ1n) is 19.6. The molecule has 59 heavy (non-hydrogen) atoms. The maximum Gasteiger partial charge on any atom is 0.238 e. The zero-order chi connectivity index (χ0) is 38.6. The Hall–Kier alpha value is -7.39. The largest absolute Gasteiger partial charge is 0.305 e. The Morgan fingerprint density at radius 1 is 0.322 bits per heavy atom. The molecule has 0 fully saturated rings. The highest BCUT2D eigenvalue weighted by atomic mass is 32.1. The number of hydrogen-bond donors (Lipinski definition) is 0. The van der Waals surface area contributed by atoms with Crippen LogP contribution in [0.1, 0.15) is 0 Å². The van der Waals surface area contributed by atoms with Gasteiger partial charge in [0.15, 0.2) is 11.6 Å². The normalized spacial score (nSPS) is 12.1. The molecule has 13 rings (SSSR count). The van der Waals surface area contributed by atoms with Gasteiger partial charge >= 0.3 is 0 Å². The minimum absolute atomic E-state index is 0.567. The molecule has 5 aromatic heterocycles. The molecule has 0 saturated carbocycles. The molecule has 0 aliphatic carbocycles. The predicted octanol–water partition coefficient (Wildman–Crippen LogP) is 13.8. The third kappa shape index (κ3) is 4.81. The van der Waals surface area contributed by atoms with Gasteiger partial charge in [0.05, 0.1) is 62.9 Å². The van der Waals surface area contributed by atoms with Crippen LogP contribution < -0.4 is 0 Å². The van der Waals surface area contributed by atoms with Crippen LogP contribution in [0.5, 0.6) is 0 Å². The number of hydrogen-bond acceptors (Lipinski definition) is 5. The third-order valence-corrected chi connectivity index (χ3v) is 13.8. The SMILES string of the molecule is c1ccc(-c2nc(-c3ccccc3)nc(-n3c4ccccc4c4cc5c(cc43)n3c4ccccc4sc4cccc(c6cccc7sc8ccccc8n5c76)c43)n2)cc1. The standard InChI is InChI=1S/C51H30N6S2/c1-3-15-31(16-4-1)49-52-50(32-17-5-2-6-18-32)54-51(53-49)57-37-22-8-7-19-33(37)36-29-41-42(30-40(36)57)56-39-24-10-12-26-44(39)59-46-28-14-21-35(48(46)56)34-20-13-27-45-47(34)55(41)38-23-9-11-25-43(38)58-45/h1-30H. The molecular formula is C51H30N6S2. The maximum atomic E-state index is 5.28. The zero-order valence-corrected chi connectivity index (χ0v) is 33.0. The summed E-state index contributed by atoms with van der Waals surface area (Å²) in [7, 11) is 0. The molecule has 0 spiro atoms. The lowest BCUT2D eigenvalue weighted by Crippen LogP contribution is -2.06. The first-order chi connectivity index (χ1) is 29.3. The first-order valence-corrected chi connectivity index (χ1v) is 21.2. The molecule has 0 N–H and O–H groups in total. The summed E-state index contributed by atoms with van der Waals surface area (Å²) >= 11 is 3.69. The van der Waals surface area contributed by atoms with E-state index in [-0.39, 0.29) is 0 Å². The lowest BCUT2D eigenvalue weighted by molar-refractivity contribution is 0.953. The van der Waals surface area contributed by atoms with Gasteiger partial charge in [-0.15, -0.1) is 22.7 Å². The molecule has 8 aromatic carbocycles. The molecule has 0 bridgehead atoms. The van der Waals surface area contributed by atoms with E-state index in [1.807, 2.05) is 59.1 Å². The van der Waals surface area contributed by atoms with Gasteiger partial charge < -0.3 is 8.80 Å². The second-order valence-electron chi connectivity index (χ2n) is 14.8. The van der Waals surface area contributed by atoms with Gasteiger partial charge in [-0.05, 0) is 54.6 Å². The summed E-state index contributed by atoms with van der Waals surface area (Å²) in [6.07, 6.45) is 0. The van der Waals surface area contributed by atoms with Crippen LogP contribution in [0.15, 0.2) is 182 Å². The van der Waals surface area contributed by atoms with Crippen LogP contribution in [0.25, 0.3) is 113 Å². The van der Waals surface area contributed by atoms with Crippen molar-refractivity contribution in [3.8, 4) is 28.7 Å². The summed E-state index contributed by atoms with van der Waals surface area (Å²) in [5.41, 5.74) is 10.8. The highest BCUT2D eigenvalue weighted by Gasteiger charge is 2.22. The number of fused-ring (bicyclic) bond motifs is 11. The van der Waals surface area contributed by atoms with E-state index in [9.17, 15) is 0 Å². The van der Waals surface area contributed by atoms with Crippen molar-refractivity contribution >= 4 is 107 Å². The van der Waals surface area contributed by atoms with Crippen LogP contribution in [0, 0.1) is 0 Å². The van der Waals surface area contributed by atoms with Crippen LogP contribution in [0.3, 0.4) is 0 Å². The number of para-hydroxylation sites is 5. The average molecular weight is 791 g/mol. The van der Waals surface area contributed by atoms with Gasteiger partial charge in [0.2, 0.25) is 5.95 Å². The Kier molecular flexibility index (Phi) is 6.95. The molecule has 0 saturated heterocycles. The van der Waals surface area contributed by atoms with E-state index in [2.05, 4.69) is 159 Å². The van der Waals surface area contributed by atoms with Gasteiger partial charge in [0, 0.05) is 32.7 Å². The fraction of sp³-hybridized carbons (Fsp3) is 0. The fourth-order valence-electron chi connectivity index (χ4n) is 9.00. The van der Waals surface area contributed by atoms with Crippen LogP contribution in [-0.2, 0) is 0 Å². The topological polar surface area (TPSA) is 52.4 Å². The van der Waals surface area contributed by atoms with Gasteiger partial charge in [0.25, 0.3) is 0 Å². The second-order valence-corrected chi connectivity index (χ2v) is 17.0. The summed E-state index contributed by atoms with van der Waals surface area (Å²) in [5, 5.41) is 4.66. The first kappa shape index (κ1) is 32.7. The van der Waals surface area contributed by atoms with Gasteiger partial charge in [-0.25, -0.2) is 4.98 Å². The molecule has 0 radical (unpaired) electrons. The van der Waals surface area contributed by atoms with Gasteiger partial charge in [-0.2, -0.15) is 9.97 Å². The number of aromatic nitrogens is 6. The van der Waals surface area contributed by atoms with Crippen molar-refractivity contribution in [2.24, 2.45) is 0 Å². The highest BCUT2D eigenvalue weighted by molar-refractivity contribution is 7.25. The van der Waals surface area contributed by atoms with Gasteiger partial charge in [-0.1, -0.05) is 127 Å². The van der Waals surface area contributed by atoms with E-state index in [4.69, 9.17) is 15.0 Å². The molecule has 6 nitrogen and oxygen atoms in total. The molecule has 0 aliphatic heterocycles. The Morgan fingerprint density at radius 3 is 1.36 bits per heavy atom. The van der Waals surface area contributed by atoms with E-state index in [0.717, 1.165) is 49.5 Å². The summed E-state index contributed by atoms with van der Waals surface area (Å²) in [5.74, 6) is 1.82. The Morgan fingerprint density at radius 2 is 0.780 bits per heavy atom. The molecule has 13 aromatic rings. The van der Waals surface area contributed by atoms with Crippen molar-refractivity contribution in [2.45, 2.75) is 0 Å². The second kappa shape index (κ2) is 12.6. The van der Waals surface area contributed by atoms with Crippen molar-refractivity contribution in [1.82, 2.24) is 28.3 Å². The Labute approximate surface area is 344 Å². The summed E-state index contributed by atoms with van der Waals surface area (Å²) in [4.78, 5) is 15.6. The van der Waals surface area contributed by atoms with Crippen molar-refractivity contribution in [3.63, 3.8) is 0 Å². The summed E-state index contributed by atoms with van der Waals surface area (Å²) < 4.78 is 12.2. The molecule has 0 unspecified atom stereocenters. The zero-order valence-electron chi connectivity index (χ0n) is 31.3. The van der Waals surface area contributed by atoms with Crippen LogP contribution in [-0.4, -0.2) is 28.3 Å². The smallest absolute Gasteiger partial charge is 0.238 e. The van der Waals surface area contributed by atoms with Crippen LogP contribution in [0.2, 0.25) is 0 Å². The Bertz CT molecular complexity index is 3850. The van der Waals surface area contributed by atoms with E-state index >= 15 is 0 Å². The number of nitrogens with zero attached hydrogens (tertiary/aromatic N) is 6. The Balaban J connectivity index is 1.30. The average Bonchev–Trinajstić information content (AvgIpc) is 3.62. The van der Waals surface area contributed by atoms with Crippen LogP contribution >= 0.6 is 22.7 Å². The quantitative estimate of drug-likeness (QED) is 0.168. The maximum absolute atomic E-state index is 5.28. The number of benzene rings is 8. The predicted molar refractivity (Wildman–Crippen MR) is 248 cm³/mol. The summed E-state index contributed by atoms with van der Waals surface area (Å²) in [6.45, 7) is 0. The molecule has 5 heterocycles. The van der Waals surface area contributed by atoms with Crippen molar-refractivity contribution < 1.29 is 0 Å². The van der Waals surface area contributed by atoms with Gasteiger partial charge in [0.1, 0.15) is 0 Å². The third-order valence-electron chi connectivity index (χ3n) is 11.5. The molecule has 276 valence electrons. The monoisotopic (exact) mass is 790 g/mol. The van der Waals surface area contributed by atoms with Crippen molar-refractivity contribution in [3.05, 3.63) is 182 Å². The van der Waals surface area contributed by atoms with Crippen molar-refractivity contribution in [2.75, 3.05) is 0 Å². The van der Waals surface area contributed by atoms with E-state index < -0.39 is 0 Å². The lowest BCUT2D eigenvalue weighted by atomic mass is 10.1. The molecule has 0 atom stereocenters. The molecule has 0 aliphatic rings. The highest BCUT2D eigenvalue weighted by Crippen LogP contribution is 2.42. The van der Waals surface area contributed by atoms with Crippen LogP contribution in [0.4, 0.5) is 0 Å². The van der Waals surface area contributed by atoms with E-state index in [1.54, 1.807) is 0 Å². The molecule has 0 amide bonds. The fourth-order valence-corrected chi connectivity index (χ4v) is 11.2. The molecular weight excluding hydrogens is 761 g/mol. The molecule has 8 heteroatoms. The minimum atomic E-state index is 0.567. The van der Waals surface area contributed by atoms with E-state index in [0.29, 0.717) is 17.6 Å². The number of rotatable bonds is 3. The van der Waals surface area contributed by atoms with Gasteiger partial charge in [-0.3, -0.25) is 4.57 Å².